The van der Waals surface area contributed by atoms with Crippen molar-refractivity contribution in [2.24, 2.45) is 5.92 Å². The number of hydrogen-bond donors (Lipinski definition) is 0. The van der Waals surface area contributed by atoms with E-state index >= 15 is 0 Å². The minimum absolute atomic E-state index is 0.0797. The molecule has 0 radical (unpaired) electrons. The van der Waals surface area contributed by atoms with Gasteiger partial charge in [0.15, 0.2) is 0 Å². The minimum Gasteiger partial charge on any atom is -0.496 e. The van der Waals surface area contributed by atoms with E-state index in [4.69, 9.17) is 21.1 Å². The molecule has 1 aliphatic rings. The van der Waals surface area contributed by atoms with Crippen molar-refractivity contribution < 1.29 is 19.1 Å². The molecule has 0 atom stereocenters. The molecule has 1 saturated heterocycles. The van der Waals surface area contributed by atoms with Crippen molar-refractivity contribution in [2.75, 3.05) is 47.0 Å². The number of methoxy groups -OCH3 is 2. The van der Waals surface area contributed by atoms with Gasteiger partial charge in [0.05, 0.1) is 19.3 Å². The highest BCUT2D eigenvalue weighted by molar-refractivity contribution is 6.31. The quantitative estimate of drug-likeness (QED) is 0.517. The third-order valence-corrected chi connectivity index (χ3v) is 6.37. The van der Waals surface area contributed by atoms with Crippen molar-refractivity contribution in [2.45, 2.75) is 25.7 Å². The second kappa shape index (κ2) is 12.6. The highest BCUT2D eigenvalue weighted by Gasteiger charge is 2.31. The highest BCUT2D eigenvalue weighted by atomic mass is 35.5. The number of benzene rings is 2. The first-order chi connectivity index (χ1) is 16.0. The first kappa shape index (κ1) is 25.1. The Labute approximate surface area is 201 Å². The molecular formula is C26H33ClN2O4. The minimum atomic E-state index is -0.112. The van der Waals surface area contributed by atoms with Crippen LogP contribution < -0.4 is 4.74 Å². The van der Waals surface area contributed by atoms with Gasteiger partial charge in [-0.25, -0.2) is 0 Å². The third-order valence-electron chi connectivity index (χ3n) is 6.14. The number of rotatable bonds is 10. The summed E-state index contributed by atoms with van der Waals surface area (Å²) in [7, 11) is 3.19. The lowest BCUT2D eigenvalue weighted by molar-refractivity contribution is -0.137. The number of carbonyl (C=O) groups excluding carboxylic acids is 2. The monoisotopic (exact) mass is 472 g/mol. The summed E-state index contributed by atoms with van der Waals surface area (Å²) < 4.78 is 10.6. The number of carbonyl (C=O) groups is 2. The molecule has 6 nitrogen and oxygen atoms in total. The zero-order valence-electron chi connectivity index (χ0n) is 19.5. The topological polar surface area (TPSA) is 59.1 Å². The second-order valence-corrected chi connectivity index (χ2v) is 8.75. The van der Waals surface area contributed by atoms with Crippen LogP contribution in [0.1, 0.15) is 35.2 Å². The van der Waals surface area contributed by atoms with Gasteiger partial charge >= 0.3 is 0 Å². The van der Waals surface area contributed by atoms with Gasteiger partial charge in [-0.1, -0.05) is 41.9 Å². The maximum atomic E-state index is 13.3. The number of ether oxygens (including phenoxy) is 2. The Morgan fingerprint density at radius 1 is 1.06 bits per heavy atom. The Hall–Kier alpha value is -2.57. The number of nitrogens with zero attached hydrogens (tertiary/aromatic N) is 2. The molecule has 2 aromatic rings. The zero-order valence-corrected chi connectivity index (χ0v) is 20.2. The van der Waals surface area contributed by atoms with Gasteiger partial charge in [-0.3, -0.25) is 9.59 Å². The van der Waals surface area contributed by atoms with Crippen LogP contribution in [0, 0.1) is 5.92 Å². The fraction of sp³-hybridized carbons (Fsp3) is 0.462. The fourth-order valence-electron chi connectivity index (χ4n) is 4.26. The molecule has 178 valence electrons. The van der Waals surface area contributed by atoms with Crippen LogP contribution in [0.15, 0.2) is 48.5 Å². The molecule has 7 heteroatoms. The van der Waals surface area contributed by atoms with Gasteiger partial charge in [0, 0.05) is 44.2 Å². The van der Waals surface area contributed by atoms with Crippen LogP contribution in [0.5, 0.6) is 5.75 Å². The lowest BCUT2D eigenvalue weighted by Crippen LogP contribution is -2.45. The van der Waals surface area contributed by atoms with Gasteiger partial charge in [0.1, 0.15) is 5.75 Å². The summed E-state index contributed by atoms with van der Waals surface area (Å²) >= 11 is 6.09. The van der Waals surface area contributed by atoms with Crippen molar-refractivity contribution in [3.63, 3.8) is 0 Å². The predicted molar refractivity (Wildman–Crippen MR) is 130 cm³/mol. The van der Waals surface area contributed by atoms with Crippen LogP contribution in [0.4, 0.5) is 0 Å². The van der Waals surface area contributed by atoms with Crippen molar-refractivity contribution in [3.05, 3.63) is 64.7 Å². The van der Waals surface area contributed by atoms with Crippen LogP contribution in [0.25, 0.3) is 0 Å². The summed E-state index contributed by atoms with van der Waals surface area (Å²) in [6, 6.07) is 15.4. The summed E-state index contributed by atoms with van der Waals surface area (Å²) in [5.41, 5.74) is 1.73. The number of aryl methyl sites for hydroxylation is 1. The van der Waals surface area contributed by atoms with E-state index in [1.165, 1.54) is 12.7 Å². The maximum Gasteiger partial charge on any atom is 0.257 e. The first-order valence-corrected chi connectivity index (χ1v) is 11.9. The second-order valence-electron chi connectivity index (χ2n) is 8.32. The Balaban J connectivity index is 1.56. The van der Waals surface area contributed by atoms with E-state index in [1.807, 2.05) is 23.1 Å². The molecule has 1 fully saturated rings. The fourth-order valence-corrected chi connectivity index (χ4v) is 4.43. The number of halogens is 1. The molecule has 0 aromatic heterocycles. The largest absolute Gasteiger partial charge is 0.496 e. The molecular weight excluding hydrogens is 440 g/mol. The molecule has 33 heavy (non-hydrogen) atoms. The molecule has 1 heterocycles. The average molecular weight is 473 g/mol. The summed E-state index contributed by atoms with van der Waals surface area (Å²) in [6.45, 7) is 2.88. The van der Waals surface area contributed by atoms with Crippen molar-refractivity contribution in [1.82, 2.24) is 9.80 Å². The van der Waals surface area contributed by atoms with Crippen molar-refractivity contribution in [1.29, 1.82) is 0 Å². The molecule has 3 rings (SSSR count). The lowest BCUT2D eigenvalue weighted by atomic mass is 9.94. The molecule has 0 bridgehead atoms. The Morgan fingerprint density at radius 2 is 1.79 bits per heavy atom. The van der Waals surface area contributed by atoms with E-state index in [0.29, 0.717) is 62.0 Å². The average Bonchev–Trinajstić information content (AvgIpc) is 2.86. The first-order valence-electron chi connectivity index (χ1n) is 11.5. The maximum absolute atomic E-state index is 13.3. The molecule has 2 aromatic carbocycles. The lowest BCUT2D eigenvalue weighted by Gasteiger charge is -2.34. The molecule has 1 aliphatic heterocycles. The number of hydrogen-bond acceptors (Lipinski definition) is 4. The third kappa shape index (κ3) is 6.95. The van der Waals surface area contributed by atoms with Crippen LogP contribution >= 0.6 is 11.6 Å². The van der Waals surface area contributed by atoms with Gasteiger partial charge in [0.25, 0.3) is 5.91 Å². The standard InChI is InChI=1S/C26H33ClN2O4/c1-32-18-17-28(14-6-9-20-7-4-3-5-8-20)25(30)21-12-15-29(16-13-21)26(31)23-19-22(27)10-11-24(23)33-2/h3-5,7-8,10-11,19,21H,6,9,12-18H2,1-2H3. The molecule has 0 saturated carbocycles. The summed E-state index contributed by atoms with van der Waals surface area (Å²) in [6.07, 6.45) is 3.14. The van der Waals surface area contributed by atoms with E-state index in [9.17, 15) is 9.59 Å². The summed E-state index contributed by atoms with van der Waals surface area (Å²) in [5.74, 6) is 0.475. The summed E-state index contributed by atoms with van der Waals surface area (Å²) in [4.78, 5) is 30.0. The Morgan fingerprint density at radius 3 is 2.45 bits per heavy atom. The van der Waals surface area contributed by atoms with E-state index < -0.39 is 0 Å². The van der Waals surface area contributed by atoms with Crippen LogP contribution in [-0.4, -0.2) is 68.6 Å². The van der Waals surface area contributed by atoms with E-state index in [0.717, 1.165) is 12.8 Å². The number of piperidine rings is 1. The molecule has 0 unspecified atom stereocenters. The Bertz CT molecular complexity index is 914. The van der Waals surface area contributed by atoms with Gasteiger partial charge in [-0.15, -0.1) is 0 Å². The van der Waals surface area contributed by atoms with Gasteiger partial charge in [0.2, 0.25) is 5.91 Å². The van der Waals surface area contributed by atoms with Crippen LogP contribution in [0.3, 0.4) is 0 Å². The van der Waals surface area contributed by atoms with Crippen LogP contribution in [-0.2, 0) is 16.0 Å². The molecule has 0 spiro atoms. The normalized spacial score (nSPS) is 14.2. The van der Waals surface area contributed by atoms with Gasteiger partial charge in [-0.2, -0.15) is 0 Å². The molecule has 0 aliphatic carbocycles. The molecule has 2 amide bonds. The predicted octanol–water partition coefficient (Wildman–Crippen LogP) is 4.31. The van der Waals surface area contributed by atoms with Crippen molar-refractivity contribution >= 4 is 23.4 Å². The summed E-state index contributed by atoms with van der Waals surface area (Å²) in [5, 5.41) is 0.494. The smallest absolute Gasteiger partial charge is 0.257 e. The number of likely N-dealkylation sites (tertiary alicyclic amines) is 1. The van der Waals surface area contributed by atoms with E-state index in [1.54, 1.807) is 30.2 Å². The zero-order chi connectivity index (χ0) is 23.6. The highest BCUT2D eigenvalue weighted by Crippen LogP contribution is 2.27. The van der Waals surface area contributed by atoms with Crippen LogP contribution in [0.2, 0.25) is 5.02 Å². The van der Waals surface area contributed by atoms with Gasteiger partial charge < -0.3 is 19.3 Å². The van der Waals surface area contributed by atoms with Crippen molar-refractivity contribution in [3.8, 4) is 5.75 Å². The van der Waals surface area contributed by atoms with E-state index in [2.05, 4.69) is 12.1 Å². The number of amides is 2. The van der Waals surface area contributed by atoms with Gasteiger partial charge in [-0.05, 0) is 49.4 Å². The SMILES string of the molecule is COCCN(CCCc1ccccc1)C(=O)C1CCN(C(=O)c2cc(Cl)ccc2OC)CC1. The van der Waals surface area contributed by atoms with E-state index in [-0.39, 0.29) is 17.7 Å². The Kier molecular flexibility index (Phi) is 9.58. The molecule has 0 N–H and O–H groups in total.